The van der Waals surface area contributed by atoms with Crippen molar-refractivity contribution in [2.75, 3.05) is 49.9 Å². The van der Waals surface area contributed by atoms with Crippen LogP contribution in [0.1, 0.15) is 48.0 Å². The first kappa shape index (κ1) is 32.5. The minimum Gasteiger partial charge on any atom is -0.444 e. The summed E-state index contributed by atoms with van der Waals surface area (Å²) in [4.78, 5) is 61.0. The summed E-state index contributed by atoms with van der Waals surface area (Å²) in [5.74, 6) is 0.0626. The van der Waals surface area contributed by atoms with Crippen LogP contribution >= 0.6 is 0 Å². The smallest absolute Gasteiger partial charge is 0.410 e. The fourth-order valence-corrected chi connectivity index (χ4v) is 5.69. The highest BCUT2D eigenvalue weighted by Gasteiger charge is 2.35. The summed E-state index contributed by atoms with van der Waals surface area (Å²) in [5, 5.41) is 11.4. The van der Waals surface area contributed by atoms with Crippen LogP contribution in [0.15, 0.2) is 72.9 Å². The van der Waals surface area contributed by atoms with Crippen LogP contribution in [-0.2, 0) is 16.1 Å². The molecular formula is C35H40N8O5. The van der Waals surface area contributed by atoms with E-state index in [0.717, 1.165) is 11.8 Å². The maximum absolute atomic E-state index is 13.1. The lowest BCUT2D eigenvalue weighted by atomic mass is 10.0. The molecule has 6 rings (SSSR count). The number of nitrogens with zero attached hydrogens (tertiary/aromatic N) is 6. The van der Waals surface area contributed by atoms with Gasteiger partial charge in [0.05, 0.1) is 11.6 Å². The molecule has 2 aromatic heterocycles. The van der Waals surface area contributed by atoms with Crippen molar-refractivity contribution in [1.29, 1.82) is 0 Å². The van der Waals surface area contributed by atoms with Crippen LogP contribution in [-0.4, -0.2) is 104 Å². The molecule has 2 saturated heterocycles. The number of benzene rings is 2. The van der Waals surface area contributed by atoms with E-state index >= 15 is 0 Å². The van der Waals surface area contributed by atoms with E-state index in [2.05, 4.69) is 20.7 Å². The molecule has 48 heavy (non-hydrogen) atoms. The normalized spacial score (nSPS) is 16.3. The van der Waals surface area contributed by atoms with Crippen LogP contribution in [0.2, 0.25) is 0 Å². The number of pyridine rings is 1. The first-order chi connectivity index (χ1) is 23.0. The van der Waals surface area contributed by atoms with Crippen molar-refractivity contribution < 1.29 is 23.9 Å². The molecule has 2 aliphatic rings. The number of piperazine rings is 1. The van der Waals surface area contributed by atoms with Gasteiger partial charge in [0.25, 0.3) is 11.8 Å². The highest BCUT2D eigenvalue weighted by Crippen LogP contribution is 2.23. The molecule has 0 radical (unpaired) electrons. The van der Waals surface area contributed by atoms with Gasteiger partial charge in [0.15, 0.2) is 0 Å². The molecule has 4 heterocycles. The summed E-state index contributed by atoms with van der Waals surface area (Å²) in [6.45, 7) is 8.62. The molecule has 4 amide bonds. The van der Waals surface area contributed by atoms with Crippen molar-refractivity contribution in [2.45, 2.75) is 45.4 Å². The van der Waals surface area contributed by atoms with Crippen molar-refractivity contribution in [2.24, 2.45) is 0 Å². The molecule has 2 fully saturated rings. The first-order valence-corrected chi connectivity index (χ1v) is 16.1. The van der Waals surface area contributed by atoms with Gasteiger partial charge in [-0.2, -0.15) is 5.10 Å². The Labute approximate surface area is 278 Å². The standard InChI is InChI=1S/C35H40N8O5/c1-35(2,3)48-34(47)43-15-14-27(43)21-36-30-11-7-10-29(38-30)32(45)37-26-12-13-28-25(20-26)22-42(39-28)23-31(44)40-16-18-41(19-17-40)33(46)24-8-5-4-6-9-24/h4-13,20,22,27H,14-19,21,23H2,1-3H3,(H,36,38)(H,37,45). The summed E-state index contributed by atoms with van der Waals surface area (Å²) >= 11 is 0. The van der Waals surface area contributed by atoms with E-state index in [1.54, 1.807) is 74.1 Å². The molecule has 0 aliphatic carbocycles. The molecule has 1 unspecified atom stereocenters. The monoisotopic (exact) mass is 652 g/mol. The molecular weight excluding hydrogens is 612 g/mol. The third-order valence-electron chi connectivity index (χ3n) is 8.32. The van der Waals surface area contributed by atoms with E-state index in [1.807, 2.05) is 39.0 Å². The third kappa shape index (κ3) is 7.73. The van der Waals surface area contributed by atoms with Gasteiger partial charge in [-0.05, 0) is 69.7 Å². The fraction of sp³-hybridized carbons (Fsp3) is 0.371. The second-order valence-corrected chi connectivity index (χ2v) is 13.0. The minimum absolute atomic E-state index is 0.0112. The zero-order chi connectivity index (χ0) is 33.8. The third-order valence-corrected chi connectivity index (χ3v) is 8.32. The zero-order valence-electron chi connectivity index (χ0n) is 27.4. The zero-order valence-corrected chi connectivity index (χ0v) is 27.4. The van der Waals surface area contributed by atoms with E-state index in [9.17, 15) is 19.2 Å². The number of ether oxygens (including phenoxy) is 1. The predicted octanol–water partition coefficient (Wildman–Crippen LogP) is 4.09. The van der Waals surface area contributed by atoms with E-state index in [-0.39, 0.29) is 42.1 Å². The predicted molar refractivity (Wildman–Crippen MR) is 181 cm³/mol. The van der Waals surface area contributed by atoms with Gasteiger partial charge in [-0.15, -0.1) is 0 Å². The Morgan fingerprint density at radius 1 is 0.896 bits per heavy atom. The van der Waals surface area contributed by atoms with Gasteiger partial charge in [-0.3, -0.25) is 19.1 Å². The summed E-state index contributed by atoms with van der Waals surface area (Å²) < 4.78 is 7.08. The number of carbonyl (C=O) groups excluding carboxylic acids is 4. The summed E-state index contributed by atoms with van der Waals surface area (Å²) in [6, 6.07) is 19.7. The average molecular weight is 653 g/mol. The minimum atomic E-state index is -0.554. The van der Waals surface area contributed by atoms with E-state index < -0.39 is 5.60 Å². The van der Waals surface area contributed by atoms with Crippen LogP contribution in [0.5, 0.6) is 0 Å². The maximum atomic E-state index is 13.1. The Bertz CT molecular complexity index is 1810. The van der Waals surface area contributed by atoms with Crippen LogP contribution < -0.4 is 10.6 Å². The van der Waals surface area contributed by atoms with Gasteiger partial charge in [-0.1, -0.05) is 24.3 Å². The molecule has 13 heteroatoms. The summed E-state index contributed by atoms with van der Waals surface area (Å²) in [6.07, 6.45) is 2.30. The number of likely N-dealkylation sites (tertiary alicyclic amines) is 1. The molecule has 0 spiro atoms. The topological polar surface area (TPSA) is 142 Å². The molecule has 2 aliphatic heterocycles. The number of carbonyl (C=O) groups is 4. The van der Waals surface area contributed by atoms with Crippen molar-refractivity contribution in [3.05, 3.63) is 84.2 Å². The van der Waals surface area contributed by atoms with Gasteiger partial charge in [0, 0.05) is 62.1 Å². The van der Waals surface area contributed by atoms with Gasteiger partial charge in [0.1, 0.15) is 23.7 Å². The number of hydrogen-bond donors (Lipinski definition) is 2. The largest absolute Gasteiger partial charge is 0.444 e. The second-order valence-electron chi connectivity index (χ2n) is 13.0. The van der Waals surface area contributed by atoms with Crippen LogP contribution in [0, 0.1) is 0 Å². The molecule has 1 atom stereocenters. The lowest BCUT2D eigenvalue weighted by Gasteiger charge is -2.41. The van der Waals surface area contributed by atoms with Crippen molar-refractivity contribution in [1.82, 2.24) is 29.5 Å². The molecule has 4 aromatic rings. The Morgan fingerprint density at radius 3 is 2.35 bits per heavy atom. The number of aromatic nitrogens is 3. The van der Waals surface area contributed by atoms with E-state index in [4.69, 9.17) is 4.74 Å². The lowest BCUT2D eigenvalue weighted by Crippen LogP contribution is -2.55. The Morgan fingerprint density at radius 2 is 1.65 bits per heavy atom. The average Bonchev–Trinajstić information content (AvgIpc) is 3.45. The SMILES string of the molecule is CC(C)(C)OC(=O)N1CCC1CNc1cccc(C(=O)Nc2ccc3nn(CC(=O)N4CCN(C(=O)c5ccccc5)CC4)cc3c2)n1. The molecule has 13 nitrogen and oxygen atoms in total. The van der Waals surface area contributed by atoms with Crippen molar-refractivity contribution >= 4 is 46.2 Å². The van der Waals surface area contributed by atoms with Crippen LogP contribution in [0.4, 0.5) is 16.3 Å². The number of fused-ring (bicyclic) bond motifs is 1. The number of amides is 4. The fourth-order valence-electron chi connectivity index (χ4n) is 5.69. The highest BCUT2D eigenvalue weighted by molar-refractivity contribution is 6.04. The molecule has 0 bridgehead atoms. The highest BCUT2D eigenvalue weighted by atomic mass is 16.6. The molecule has 250 valence electrons. The lowest BCUT2D eigenvalue weighted by molar-refractivity contribution is -0.133. The van der Waals surface area contributed by atoms with Crippen molar-refractivity contribution in [3.63, 3.8) is 0 Å². The van der Waals surface area contributed by atoms with Gasteiger partial charge < -0.3 is 30.1 Å². The van der Waals surface area contributed by atoms with Gasteiger partial charge in [0.2, 0.25) is 5.91 Å². The molecule has 0 saturated carbocycles. The Hall–Kier alpha value is -5.46. The summed E-state index contributed by atoms with van der Waals surface area (Å²) in [7, 11) is 0. The van der Waals surface area contributed by atoms with E-state index in [0.29, 0.717) is 61.9 Å². The van der Waals surface area contributed by atoms with Crippen LogP contribution in [0.25, 0.3) is 10.9 Å². The maximum Gasteiger partial charge on any atom is 0.410 e. The summed E-state index contributed by atoms with van der Waals surface area (Å²) in [5.41, 5.74) is 1.60. The molecule has 2 N–H and O–H groups in total. The number of anilines is 2. The number of rotatable bonds is 8. The van der Waals surface area contributed by atoms with E-state index in [1.165, 1.54) is 0 Å². The second kappa shape index (κ2) is 13.7. The number of nitrogens with one attached hydrogen (secondary N) is 2. The first-order valence-electron chi connectivity index (χ1n) is 16.1. The molecule has 2 aromatic carbocycles. The van der Waals surface area contributed by atoms with Crippen molar-refractivity contribution in [3.8, 4) is 0 Å². The Balaban J connectivity index is 1.00. The van der Waals surface area contributed by atoms with Gasteiger partial charge in [-0.25, -0.2) is 9.78 Å². The number of hydrogen-bond acceptors (Lipinski definition) is 8. The van der Waals surface area contributed by atoms with Crippen LogP contribution in [0.3, 0.4) is 0 Å². The van der Waals surface area contributed by atoms with Gasteiger partial charge >= 0.3 is 6.09 Å². The Kier molecular flexibility index (Phi) is 9.28. The quantitative estimate of drug-likeness (QED) is 0.290.